The molecule has 3 N–H and O–H groups in total. The zero-order valence-electron chi connectivity index (χ0n) is 10.7. The number of aliphatic hydroxyl groups is 2. The Balaban J connectivity index is 2.46. The van der Waals surface area contributed by atoms with Gasteiger partial charge in [0.05, 0.1) is 18.3 Å². The van der Waals surface area contributed by atoms with E-state index in [0.717, 1.165) is 0 Å². The van der Waals surface area contributed by atoms with Crippen LogP contribution in [0.1, 0.15) is 18.7 Å². The Morgan fingerprint density at radius 2 is 2.25 bits per heavy atom. The predicted molar refractivity (Wildman–Crippen MR) is 75.5 cm³/mol. The Bertz CT molecular complexity index is 623. The standard InChI is InChI=1S/C12H15BrN2O5/c1-6-9(17)8(5-16)20-11(6)15-4-7(2-3-13)10(18)14-12(15)19/h2-4,6,8-9,11,16-17H,5H2,1H3,(H,14,18,19)/b3-2+/t6?,8-,9?,11-/m1/s1. The van der Waals surface area contributed by atoms with E-state index in [0.29, 0.717) is 0 Å². The first-order valence-electron chi connectivity index (χ1n) is 6.06. The van der Waals surface area contributed by atoms with Crippen molar-refractivity contribution in [2.45, 2.75) is 25.4 Å². The fourth-order valence-electron chi connectivity index (χ4n) is 2.24. The van der Waals surface area contributed by atoms with Crippen molar-refractivity contribution in [3.05, 3.63) is 37.6 Å². The highest BCUT2D eigenvalue weighted by Gasteiger charge is 2.41. The molecule has 0 spiro atoms. The van der Waals surface area contributed by atoms with Crippen LogP contribution in [0.5, 0.6) is 0 Å². The van der Waals surface area contributed by atoms with Gasteiger partial charge < -0.3 is 14.9 Å². The second-order valence-corrected chi connectivity index (χ2v) is 5.17. The number of rotatable bonds is 3. The molecule has 20 heavy (non-hydrogen) atoms. The maximum Gasteiger partial charge on any atom is 0.330 e. The SMILES string of the molecule is CC1C(O)[C@@H](CO)O[C@H]1n1cc(/C=C/Br)c(=O)[nH]c1=O. The normalized spacial score (nSPS) is 30.2. The van der Waals surface area contributed by atoms with Crippen molar-refractivity contribution >= 4 is 22.0 Å². The van der Waals surface area contributed by atoms with Gasteiger partial charge in [-0.05, 0) is 11.1 Å². The molecule has 1 aromatic heterocycles. The highest BCUT2D eigenvalue weighted by Crippen LogP contribution is 2.33. The summed E-state index contributed by atoms with van der Waals surface area (Å²) in [5, 5.41) is 19.0. The first-order valence-corrected chi connectivity index (χ1v) is 6.97. The van der Waals surface area contributed by atoms with Crippen molar-refractivity contribution in [2.24, 2.45) is 5.92 Å². The van der Waals surface area contributed by atoms with Crippen LogP contribution in [0.4, 0.5) is 0 Å². The first kappa shape index (κ1) is 15.2. The van der Waals surface area contributed by atoms with Gasteiger partial charge in [-0.1, -0.05) is 22.9 Å². The molecule has 7 nitrogen and oxygen atoms in total. The maximum absolute atomic E-state index is 11.9. The van der Waals surface area contributed by atoms with E-state index in [2.05, 4.69) is 20.9 Å². The number of aromatic amines is 1. The zero-order valence-corrected chi connectivity index (χ0v) is 12.3. The number of hydrogen-bond donors (Lipinski definition) is 3. The van der Waals surface area contributed by atoms with E-state index in [4.69, 9.17) is 9.84 Å². The zero-order chi connectivity index (χ0) is 14.9. The van der Waals surface area contributed by atoms with Gasteiger partial charge >= 0.3 is 5.69 Å². The summed E-state index contributed by atoms with van der Waals surface area (Å²) in [6.07, 6.45) is 0.498. The monoisotopic (exact) mass is 346 g/mol. The van der Waals surface area contributed by atoms with Crippen molar-refractivity contribution in [3.63, 3.8) is 0 Å². The maximum atomic E-state index is 11.9. The number of halogens is 1. The highest BCUT2D eigenvalue weighted by atomic mass is 79.9. The van der Waals surface area contributed by atoms with E-state index in [1.165, 1.54) is 21.8 Å². The summed E-state index contributed by atoms with van der Waals surface area (Å²) in [6.45, 7) is 1.37. The van der Waals surface area contributed by atoms with Crippen molar-refractivity contribution in [3.8, 4) is 0 Å². The minimum Gasteiger partial charge on any atom is -0.394 e. The molecule has 2 unspecified atom stereocenters. The molecule has 1 aromatic rings. The topological polar surface area (TPSA) is 105 Å². The summed E-state index contributed by atoms with van der Waals surface area (Å²) in [5.74, 6) is -0.392. The minimum absolute atomic E-state index is 0.277. The number of H-pyrrole nitrogens is 1. The summed E-state index contributed by atoms with van der Waals surface area (Å²) in [5.41, 5.74) is -0.851. The average Bonchev–Trinajstić information content (AvgIpc) is 2.70. The van der Waals surface area contributed by atoms with E-state index >= 15 is 0 Å². The molecule has 0 saturated carbocycles. The second-order valence-electron chi connectivity index (χ2n) is 4.64. The van der Waals surface area contributed by atoms with E-state index in [9.17, 15) is 14.7 Å². The van der Waals surface area contributed by atoms with Gasteiger partial charge in [0, 0.05) is 12.1 Å². The van der Waals surface area contributed by atoms with Gasteiger partial charge in [0.15, 0.2) is 0 Å². The molecule has 0 aromatic carbocycles. The number of ether oxygens (including phenoxy) is 1. The fourth-order valence-corrected chi connectivity index (χ4v) is 2.52. The molecule has 2 heterocycles. The second kappa shape index (κ2) is 6.04. The Hall–Kier alpha value is -1.22. The summed E-state index contributed by atoms with van der Waals surface area (Å²) >= 11 is 3.06. The summed E-state index contributed by atoms with van der Waals surface area (Å²) in [6, 6.07) is 0. The lowest BCUT2D eigenvalue weighted by Gasteiger charge is -2.18. The van der Waals surface area contributed by atoms with Crippen LogP contribution in [0, 0.1) is 5.92 Å². The molecule has 4 atom stereocenters. The molecule has 0 aliphatic carbocycles. The third-order valence-corrected chi connectivity index (χ3v) is 3.64. The summed E-state index contributed by atoms with van der Waals surface area (Å²) < 4.78 is 6.70. The summed E-state index contributed by atoms with van der Waals surface area (Å²) in [4.78, 5) is 27.2. The van der Waals surface area contributed by atoms with Crippen molar-refractivity contribution < 1.29 is 14.9 Å². The third-order valence-electron chi connectivity index (χ3n) is 3.38. The molecular formula is C12H15BrN2O5. The van der Waals surface area contributed by atoms with Gasteiger partial charge in [-0.3, -0.25) is 14.3 Å². The van der Waals surface area contributed by atoms with Crippen molar-refractivity contribution in [1.29, 1.82) is 0 Å². The van der Waals surface area contributed by atoms with E-state index in [-0.39, 0.29) is 12.2 Å². The average molecular weight is 347 g/mol. The molecule has 1 fully saturated rings. The Morgan fingerprint density at radius 1 is 1.55 bits per heavy atom. The van der Waals surface area contributed by atoms with Crippen molar-refractivity contribution in [2.75, 3.05) is 6.61 Å². The Kier molecular flexibility index (Phi) is 4.59. The third kappa shape index (κ3) is 2.64. The number of nitrogens with one attached hydrogen (secondary N) is 1. The van der Waals surface area contributed by atoms with Gasteiger partial charge in [0.2, 0.25) is 0 Å². The molecule has 2 rings (SSSR count). The summed E-state index contributed by atoms with van der Waals surface area (Å²) in [7, 11) is 0. The largest absolute Gasteiger partial charge is 0.394 e. The Labute approximate surface area is 122 Å². The molecule has 1 saturated heterocycles. The van der Waals surface area contributed by atoms with Gasteiger partial charge in [0.1, 0.15) is 12.3 Å². The molecule has 0 amide bonds. The van der Waals surface area contributed by atoms with Crippen LogP contribution in [0.3, 0.4) is 0 Å². The lowest BCUT2D eigenvalue weighted by Crippen LogP contribution is -2.35. The van der Waals surface area contributed by atoms with E-state index in [1.54, 1.807) is 6.92 Å². The van der Waals surface area contributed by atoms with Crippen LogP contribution in [-0.2, 0) is 4.74 Å². The highest BCUT2D eigenvalue weighted by molar-refractivity contribution is 9.11. The number of aromatic nitrogens is 2. The van der Waals surface area contributed by atoms with Gasteiger partial charge in [-0.25, -0.2) is 4.79 Å². The van der Waals surface area contributed by atoms with Crippen LogP contribution in [-0.4, -0.2) is 38.6 Å². The molecule has 8 heteroatoms. The molecule has 0 bridgehead atoms. The van der Waals surface area contributed by atoms with Crippen LogP contribution in [0.15, 0.2) is 20.8 Å². The molecule has 1 aliphatic rings. The number of hydrogen-bond acceptors (Lipinski definition) is 5. The van der Waals surface area contributed by atoms with E-state index < -0.39 is 35.6 Å². The Morgan fingerprint density at radius 3 is 2.80 bits per heavy atom. The molecule has 0 radical (unpaired) electrons. The number of aliphatic hydroxyl groups excluding tert-OH is 2. The lowest BCUT2D eigenvalue weighted by atomic mass is 10.0. The van der Waals surface area contributed by atoms with Crippen LogP contribution in [0.2, 0.25) is 0 Å². The van der Waals surface area contributed by atoms with Crippen LogP contribution < -0.4 is 11.2 Å². The molecule has 1 aliphatic heterocycles. The lowest BCUT2D eigenvalue weighted by molar-refractivity contribution is -0.0477. The minimum atomic E-state index is -0.876. The quantitative estimate of drug-likeness (QED) is 0.702. The van der Waals surface area contributed by atoms with Crippen molar-refractivity contribution in [1.82, 2.24) is 9.55 Å². The van der Waals surface area contributed by atoms with Gasteiger partial charge in [-0.15, -0.1) is 0 Å². The van der Waals surface area contributed by atoms with Crippen LogP contribution >= 0.6 is 15.9 Å². The first-order chi connectivity index (χ1) is 9.49. The fraction of sp³-hybridized carbons (Fsp3) is 0.500. The van der Waals surface area contributed by atoms with Gasteiger partial charge in [-0.2, -0.15) is 0 Å². The van der Waals surface area contributed by atoms with Gasteiger partial charge in [0.25, 0.3) is 5.56 Å². The van der Waals surface area contributed by atoms with Crippen LogP contribution in [0.25, 0.3) is 6.08 Å². The van der Waals surface area contributed by atoms with E-state index in [1.807, 2.05) is 0 Å². The predicted octanol–water partition coefficient (Wildman–Crippen LogP) is -0.211. The molecular weight excluding hydrogens is 332 g/mol. The molecule has 110 valence electrons. The smallest absolute Gasteiger partial charge is 0.330 e. The number of nitrogens with zero attached hydrogens (tertiary/aromatic N) is 1.